The first-order chi connectivity index (χ1) is 12.1. The van der Waals surface area contributed by atoms with Crippen LogP contribution in [0, 0.1) is 0 Å². The summed E-state index contributed by atoms with van der Waals surface area (Å²) in [5.41, 5.74) is 0. The Morgan fingerprint density at radius 3 is 2.23 bits per heavy atom. The predicted octanol–water partition coefficient (Wildman–Crippen LogP) is 1.98. The van der Waals surface area contributed by atoms with Crippen LogP contribution in [0.5, 0.6) is 0 Å². The maximum Gasteiger partial charge on any atom is 0.262 e. The van der Waals surface area contributed by atoms with Crippen molar-refractivity contribution in [1.82, 2.24) is 0 Å². The number of aliphatic hydroxyl groups is 1. The fourth-order valence-electron chi connectivity index (χ4n) is 3.80. The molecule has 1 unspecified atom stereocenters. The smallest absolute Gasteiger partial charge is 0.262 e. The van der Waals surface area contributed by atoms with E-state index in [1.165, 1.54) is 0 Å². The third-order valence-corrected chi connectivity index (χ3v) is 7.49. The van der Waals surface area contributed by atoms with E-state index in [0.717, 1.165) is 0 Å². The van der Waals surface area contributed by atoms with E-state index in [2.05, 4.69) is 0 Å². The molecule has 0 amide bonds. The molecular formula is C18H25O7P. The largest absolute Gasteiger partial charge is 0.380 e. The summed E-state index contributed by atoms with van der Waals surface area (Å²) in [5.74, 6) is -2.99. The number of fused-ring (bicyclic) bond motifs is 1. The lowest BCUT2D eigenvalue weighted by Crippen LogP contribution is -2.55. The molecule has 1 N–H and O–H groups in total. The zero-order valence-electron chi connectivity index (χ0n) is 15.3. The molecule has 3 heterocycles. The van der Waals surface area contributed by atoms with Crippen LogP contribution in [0.2, 0.25) is 0 Å². The van der Waals surface area contributed by atoms with Crippen molar-refractivity contribution in [3.05, 3.63) is 30.3 Å². The van der Waals surface area contributed by atoms with Crippen LogP contribution in [0.1, 0.15) is 27.7 Å². The molecule has 0 aromatic heterocycles. The van der Waals surface area contributed by atoms with Crippen molar-refractivity contribution in [1.29, 1.82) is 0 Å². The molecule has 4 rings (SSSR count). The van der Waals surface area contributed by atoms with Crippen molar-refractivity contribution in [2.45, 2.75) is 69.5 Å². The van der Waals surface area contributed by atoms with E-state index in [4.69, 9.17) is 23.5 Å². The summed E-state index contributed by atoms with van der Waals surface area (Å²) in [4.78, 5) is 0. The van der Waals surface area contributed by atoms with E-state index in [9.17, 15) is 9.67 Å². The van der Waals surface area contributed by atoms with E-state index in [0.29, 0.717) is 5.30 Å². The van der Waals surface area contributed by atoms with Gasteiger partial charge in [-0.25, -0.2) is 0 Å². The molecule has 7 nitrogen and oxygen atoms in total. The Bertz CT molecular complexity index is 720. The number of hydrogen-bond donors (Lipinski definition) is 1. The van der Waals surface area contributed by atoms with Gasteiger partial charge in [0.2, 0.25) is 0 Å². The van der Waals surface area contributed by atoms with Gasteiger partial charge in [-0.05, 0) is 39.8 Å². The second kappa shape index (κ2) is 6.11. The highest BCUT2D eigenvalue weighted by molar-refractivity contribution is 7.67. The molecule has 3 aliphatic heterocycles. The van der Waals surface area contributed by atoms with Crippen LogP contribution in [-0.4, -0.2) is 53.5 Å². The Morgan fingerprint density at radius 2 is 1.62 bits per heavy atom. The molecule has 0 saturated carbocycles. The molecule has 26 heavy (non-hydrogen) atoms. The maximum absolute atomic E-state index is 13.7. The summed E-state index contributed by atoms with van der Waals surface area (Å²) in [6, 6.07) is 8.73. The van der Waals surface area contributed by atoms with Gasteiger partial charge in [-0.3, -0.25) is 4.57 Å². The van der Waals surface area contributed by atoms with E-state index < -0.39 is 49.2 Å². The Labute approximate surface area is 153 Å². The molecule has 3 fully saturated rings. The Hall–Kier alpha value is -0.790. The van der Waals surface area contributed by atoms with Crippen LogP contribution >= 0.6 is 7.37 Å². The topological polar surface area (TPSA) is 83.5 Å². The van der Waals surface area contributed by atoms with Crippen molar-refractivity contribution in [2.24, 2.45) is 0 Å². The molecule has 0 aliphatic carbocycles. The van der Waals surface area contributed by atoms with Crippen LogP contribution in [0.3, 0.4) is 0 Å². The highest BCUT2D eigenvalue weighted by atomic mass is 31.2. The minimum Gasteiger partial charge on any atom is -0.380 e. The zero-order valence-corrected chi connectivity index (χ0v) is 16.2. The first-order valence-corrected chi connectivity index (χ1v) is 10.5. The molecule has 3 saturated heterocycles. The van der Waals surface area contributed by atoms with Gasteiger partial charge in [-0.1, -0.05) is 18.2 Å². The van der Waals surface area contributed by atoms with Crippen LogP contribution < -0.4 is 5.30 Å². The molecule has 3 aliphatic rings. The summed E-state index contributed by atoms with van der Waals surface area (Å²) < 4.78 is 43.3. The summed E-state index contributed by atoms with van der Waals surface area (Å²) in [7, 11) is -3.62. The molecule has 8 heteroatoms. The van der Waals surface area contributed by atoms with Gasteiger partial charge in [0.15, 0.2) is 17.4 Å². The fourth-order valence-corrected chi connectivity index (χ4v) is 6.18. The van der Waals surface area contributed by atoms with E-state index >= 15 is 0 Å². The molecule has 1 aromatic rings. The lowest BCUT2D eigenvalue weighted by Gasteiger charge is -2.41. The maximum atomic E-state index is 13.7. The molecule has 0 radical (unpaired) electrons. The van der Waals surface area contributed by atoms with Gasteiger partial charge < -0.3 is 28.6 Å². The number of benzene rings is 1. The third-order valence-electron chi connectivity index (χ3n) is 4.92. The Morgan fingerprint density at radius 1 is 0.962 bits per heavy atom. The van der Waals surface area contributed by atoms with Crippen LogP contribution in [0.15, 0.2) is 30.3 Å². The number of aliphatic hydroxyl groups excluding tert-OH is 1. The highest BCUT2D eigenvalue weighted by Crippen LogP contribution is 2.60. The van der Waals surface area contributed by atoms with Crippen LogP contribution in [0.25, 0.3) is 0 Å². The van der Waals surface area contributed by atoms with Crippen molar-refractivity contribution in [3.8, 4) is 0 Å². The van der Waals surface area contributed by atoms with Crippen molar-refractivity contribution >= 4 is 12.7 Å². The monoisotopic (exact) mass is 384 g/mol. The summed E-state index contributed by atoms with van der Waals surface area (Å²) in [6.07, 6.45) is -2.53. The lowest BCUT2D eigenvalue weighted by molar-refractivity contribution is -0.174. The second-order valence-corrected chi connectivity index (χ2v) is 10.3. The molecular weight excluding hydrogens is 359 g/mol. The van der Waals surface area contributed by atoms with Gasteiger partial charge in [0.1, 0.15) is 24.4 Å². The van der Waals surface area contributed by atoms with Gasteiger partial charge in [0, 0.05) is 5.30 Å². The van der Waals surface area contributed by atoms with Gasteiger partial charge in [-0.15, -0.1) is 0 Å². The van der Waals surface area contributed by atoms with E-state index in [-0.39, 0.29) is 6.61 Å². The van der Waals surface area contributed by atoms with E-state index in [1.54, 1.807) is 38.1 Å². The van der Waals surface area contributed by atoms with Gasteiger partial charge in [0.05, 0.1) is 6.61 Å². The van der Waals surface area contributed by atoms with Crippen LogP contribution in [0.4, 0.5) is 0 Å². The van der Waals surface area contributed by atoms with Crippen molar-refractivity contribution < 1.29 is 33.1 Å². The van der Waals surface area contributed by atoms with Gasteiger partial charge in [0.25, 0.3) is 7.37 Å². The predicted molar refractivity (Wildman–Crippen MR) is 93.3 cm³/mol. The zero-order chi connectivity index (χ0) is 18.7. The normalized spacial score (nSPS) is 44.0. The van der Waals surface area contributed by atoms with E-state index in [1.807, 2.05) is 19.9 Å². The Kier molecular flexibility index (Phi) is 4.36. The molecule has 0 spiro atoms. The average Bonchev–Trinajstić information content (AvgIpc) is 3.10. The molecule has 1 aromatic carbocycles. The minimum atomic E-state index is -3.62. The first kappa shape index (κ1) is 18.6. The summed E-state index contributed by atoms with van der Waals surface area (Å²) in [6.45, 7) is 7.44. The fraction of sp³-hybridized carbons (Fsp3) is 0.667. The number of hydrogen-bond acceptors (Lipinski definition) is 7. The van der Waals surface area contributed by atoms with Crippen molar-refractivity contribution in [3.63, 3.8) is 0 Å². The standard InChI is InChI=1S/C18H25O7P/c1-17(2)21-10-12(22-17)13-14-15(24-18(3,4)23-14)16(19)26(20,25-13)11-8-6-5-7-9-11/h5-9,12-16,19H,10H2,1-4H3/t12-,13-,14+,15+,16-,26?/m1/s1. The minimum absolute atomic E-state index is 0.287. The average molecular weight is 384 g/mol. The first-order valence-electron chi connectivity index (χ1n) is 8.81. The number of ether oxygens (including phenoxy) is 4. The lowest BCUT2D eigenvalue weighted by atomic mass is 10.0. The van der Waals surface area contributed by atoms with Gasteiger partial charge >= 0.3 is 0 Å². The van der Waals surface area contributed by atoms with Crippen LogP contribution in [-0.2, 0) is 28.0 Å². The SMILES string of the molecule is CC1(C)O[C@H]2[C@@H]([C@H]3COC(C)(C)O3)OP(=O)(c3ccccc3)[C@@H](O)[C@H]2O1. The summed E-state index contributed by atoms with van der Waals surface area (Å²) >= 11 is 0. The second-order valence-electron chi connectivity index (χ2n) is 7.85. The Balaban J connectivity index is 1.72. The quantitative estimate of drug-likeness (QED) is 0.781. The summed E-state index contributed by atoms with van der Waals surface area (Å²) in [5, 5.41) is 11.3. The number of rotatable bonds is 2. The van der Waals surface area contributed by atoms with Crippen molar-refractivity contribution in [2.75, 3.05) is 6.61 Å². The molecule has 144 valence electrons. The van der Waals surface area contributed by atoms with Gasteiger partial charge in [-0.2, -0.15) is 0 Å². The third kappa shape index (κ3) is 3.06. The molecule has 6 atom stereocenters. The highest BCUT2D eigenvalue weighted by Gasteiger charge is 2.62. The molecule has 0 bridgehead atoms.